The zero-order valence-corrected chi connectivity index (χ0v) is 12.1. The quantitative estimate of drug-likeness (QED) is 0.639. The van der Waals surface area contributed by atoms with Gasteiger partial charge < -0.3 is 5.73 Å². The van der Waals surface area contributed by atoms with Gasteiger partial charge in [0.15, 0.2) is 0 Å². The summed E-state index contributed by atoms with van der Waals surface area (Å²) >= 11 is 4.86. The van der Waals surface area contributed by atoms with E-state index in [-0.39, 0.29) is 4.99 Å². The van der Waals surface area contributed by atoms with Crippen molar-refractivity contribution in [3.63, 3.8) is 0 Å². The molecule has 0 fully saturated rings. The lowest BCUT2D eigenvalue weighted by Crippen LogP contribution is -2.59. The average Bonchev–Trinajstić information content (AvgIpc) is 1.97. The first-order valence-electron chi connectivity index (χ1n) is 5.05. The Labute approximate surface area is 103 Å². The van der Waals surface area contributed by atoms with Crippen molar-refractivity contribution in [1.82, 2.24) is 9.44 Å². The largest absolute Gasteiger partial charge is 0.392 e. The van der Waals surface area contributed by atoms with Gasteiger partial charge in [-0.1, -0.05) is 19.1 Å². The zero-order chi connectivity index (χ0) is 13.2. The molecule has 0 aliphatic heterocycles. The molecule has 96 valence electrons. The minimum absolute atomic E-state index is 0.134. The van der Waals surface area contributed by atoms with Gasteiger partial charge in [-0.15, -0.1) is 0 Å². The molecule has 0 saturated heterocycles. The van der Waals surface area contributed by atoms with Crippen LogP contribution in [-0.4, -0.2) is 24.5 Å². The Morgan fingerprint density at radius 1 is 1.25 bits per heavy atom. The summed E-state index contributed by atoms with van der Waals surface area (Å²) in [6.07, 6.45) is 0.493. The van der Waals surface area contributed by atoms with Crippen LogP contribution in [0.1, 0.15) is 41.0 Å². The lowest BCUT2D eigenvalue weighted by molar-refractivity contribution is 0.460. The average molecular weight is 267 g/mol. The van der Waals surface area contributed by atoms with Crippen LogP contribution in [0.3, 0.4) is 0 Å². The Morgan fingerprint density at radius 2 is 1.69 bits per heavy atom. The van der Waals surface area contributed by atoms with Gasteiger partial charge in [-0.3, -0.25) is 0 Å². The van der Waals surface area contributed by atoms with Crippen LogP contribution < -0.4 is 15.2 Å². The molecule has 0 aromatic heterocycles. The standard InChI is InChI=1S/C9H21N3O2S2/c1-6-9(5,7(10)15)12-16(13,14)11-8(2,3)4/h11-12H,6H2,1-5H3,(H2,10,15). The molecule has 4 N–H and O–H groups in total. The SMILES string of the molecule is CCC(C)(NS(=O)(=O)NC(C)(C)C)C(N)=S. The van der Waals surface area contributed by atoms with Crippen molar-refractivity contribution in [2.75, 3.05) is 0 Å². The fourth-order valence-corrected chi connectivity index (χ4v) is 2.99. The van der Waals surface area contributed by atoms with Crippen molar-refractivity contribution in [2.24, 2.45) is 5.73 Å². The maximum Gasteiger partial charge on any atom is 0.278 e. The highest BCUT2D eigenvalue weighted by molar-refractivity contribution is 7.87. The highest BCUT2D eigenvalue weighted by atomic mass is 32.2. The first-order chi connectivity index (χ1) is 6.92. The van der Waals surface area contributed by atoms with E-state index >= 15 is 0 Å². The summed E-state index contributed by atoms with van der Waals surface area (Å²) < 4.78 is 28.5. The molecule has 0 aromatic carbocycles. The predicted molar refractivity (Wildman–Crippen MR) is 70.4 cm³/mol. The van der Waals surface area contributed by atoms with Gasteiger partial charge in [0.2, 0.25) is 0 Å². The Morgan fingerprint density at radius 3 is 1.94 bits per heavy atom. The highest BCUT2D eigenvalue weighted by Crippen LogP contribution is 2.12. The topological polar surface area (TPSA) is 84.2 Å². The van der Waals surface area contributed by atoms with Crippen molar-refractivity contribution >= 4 is 27.4 Å². The zero-order valence-electron chi connectivity index (χ0n) is 10.4. The minimum atomic E-state index is -3.62. The maximum atomic E-state index is 11.8. The molecular weight excluding hydrogens is 246 g/mol. The van der Waals surface area contributed by atoms with Gasteiger partial charge in [0.1, 0.15) is 0 Å². The molecule has 0 bridgehead atoms. The fraction of sp³-hybridized carbons (Fsp3) is 0.889. The lowest BCUT2D eigenvalue weighted by Gasteiger charge is -2.30. The second-order valence-electron chi connectivity index (χ2n) is 5.01. The van der Waals surface area contributed by atoms with E-state index < -0.39 is 21.3 Å². The number of thiocarbonyl (C=S) groups is 1. The third-order valence-electron chi connectivity index (χ3n) is 2.05. The van der Waals surface area contributed by atoms with Crippen LogP contribution in [-0.2, 0) is 10.2 Å². The molecule has 0 radical (unpaired) electrons. The Balaban J connectivity index is 4.90. The number of hydrogen-bond donors (Lipinski definition) is 3. The monoisotopic (exact) mass is 267 g/mol. The minimum Gasteiger partial charge on any atom is -0.392 e. The third kappa shape index (κ3) is 5.20. The molecule has 0 aromatic rings. The maximum absolute atomic E-state index is 11.8. The van der Waals surface area contributed by atoms with Gasteiger partial charge >= 0.3 is 0 Å². The molecule has 0 saturated carbocycles. The first-order valence-corrected chi connectivity index (χ1v) is 6.94. The second kappa shape index (κ2) is 4.95. The molecule has 7 heteroatoms. The van der Waals surface area contributed by atoms with Crippen molar-refractivity contribution in [2.45, 2.75) is 52.1 Å². The van der Waals surface area contributed by atoms with Crippen LogP contribution in [0.5, 0.6) is 0 Å². The molecule has 0 heterocycles. The molecule has 5 nitrogen and oxygen atoms in total. The van der Waals surface area contributed by atoms with E-state index in [1.54, 1.807) is 27.7 Å². The van der Waals surface area contributed by atoms with E-state index in [2.05, 4.69) is 9.44 Å². The number of nitrogens with one attached hydrogen (secondary N) is 2. The smallest absolute Gasteiger partial charge is 0.278 e. The van der Waals surface area contributed by atoms with E-state index in [4.69, 9.17) is 18.0 Å². The summed E-state index contributed by atoms with van der Waals surface area (Å²) in [5, 5.41) is 0. The summed E-state index contributed by atoms with van der Waals surface area (Å²) in [5.41, 5.74) is 4.09. The Bertz CT molecular complexity index is 359. The van der Waals surface area contributed by atoms with Crippen molar-refractivity contribution in [3.8, 4) is 0 Å². The summed E-state index contributed by atoms with van der Waals surface area (Å²) in [6, 6.07) is 0. The van der Waals surface area contributed by atoms with Gasteiger partial charge in [0, 0.05) is 5.54 Å². The van der Waals surface area contributed by atoms with E-state index in [9.17, 15) is 8.42 Å². The molecular formula is C9H21N3O2S2. The number of rotatable bonds is 5. The molecule has 0 spiro atoms. The van der Waals surface area contributed by atoms with Crippen LogP contribution in [0, 0.1) is 0 Å². The normalized spacial score (nSPS) is 16.8. The second-order valence-corrected chi connectivity index (χ2v) is 6.86. The van der Waals surface area contributed by atoms with Crippen molar-refractivity contribution < 1.29 is 8.42 Å². The van der Waals surface area contributed by atoms with Gasteiger partial charge in [0.05, 0.1) is 10.5 Å². The van der Waals surface area contributed by atoms with Gasteiger partial charge in [-0.05, 0) is 34.1 Å². The van der Waals surface area contributed by atoms with Gasteiger partial charge in [-0.2, -0.15) is 17.9 Å². The van der Waals surface area contributed by atoms with Crippen molar-refractivity contribution in [1.29, 1.82) is 0 Å². The fourth-order valence-electron chi connectivity index (χ4n) is 1.02. The number of nitrogens with two attached hydrogens (primary N) is 1. The summed E-state index contributed by atoms with van der Waals surface area (Å²) in [4.78, 5) is 0.134. The molecule has 0 aliphatic rings. The van der Waals surface area contributed by atoms with E-state index in [1.807, 2.05) is 6.92 Å². The summed E-state index contributed by atoms with van der Waals surface area (Å²) in [7, 11) is -3.62. The Kier molecular flexibility index (Phi) is 4.88. The van der Waals surface area contributed by atoms with Crippen molar-refractivity contribution in [3.05, 3.63) is 0 Å². The molecule has 0 aliphatic carbocycles. The lowest BCUT2D eigenvalue weighted by atomic mass is 10.0. The van der Waals surface area contributed by atoms with Crippen LogP contribution in [0.2, 0.25) is 0 Å². The van der Waals surface area contributed by atoms with Gasteiger partial charge in [-0.25, -0.2) is 0 Å². The molecule has 1 atom stereocenters. The molecule has 1 unspecified atom stereocenters. The molecule has 0 amide bonds. The highest BCUT2D eigenvalue weighted by Gasteiger charge is 2.32. The van der Waals surface area contributed by atoms with Crippen LogP contribution in [0.25, 0.3) is 0 Å². The molecule has 0 rings (SSSR count). The van der Waals surface area contributed by atoms with E-state index in [0.717, 1.165) is 0 Å². The third-order valence-corrected chi connectivity index (χ3v) is 4.10. The predicted octanol–water partition coefficient (Wildman–Crippen LogP) is 0.664. The number of hydrogen-bond acceptors (Lipinski definition) is 3. The van der Waals surface area contributed by atoms with Crippen LogP contribution in [0.15, 0.2) is 0 Å². The Hall–Kier alpha value is -0.240. The van der Waals surface area contributed by atoms with Crippen LogP contribution >= 0.6 is 12.2 Å². The molecule has 16 heavy (non-hydrogen) atoms. The van der Waals surface area contributed by atoms with E-state index in [1.165, 1.54) is 0 Å². The summed E-state index contributed by atoms with van der Waals surface area (Å²) in [6.45, 7) is 8.76. The van der Waals surface area contributed by atoms with Gasteiger partial charge in [0.25, 0.3) is 10.2 Å². The van der Waals surface area contributed by atoms with Crippen LogP contribution in [0.4, 0.5) is 0 Å². The van der Waals surface area contributed by atoms with E-state index in [0.29, 0.717) is 6.42 Å². The first kappa shape index (κ1) is 15.8. The summed E-state index contributed by atoms with van der Waals surface area (Å²) in [5.74, 6) is 0.